The van der Waals surface area contributed by atoms with Gasteiger partial charge in [-0.2, -0.15) is 0 Å². The molecule has 0 unspecified atom stereocenters. The zero-order valence-corrected chi connectivity index (χ0v) is 13.0. The molecule has 21 heavy (non-hydrogen) atoms. The van der Waals surface area contributed by atoms with Gasteiger partial charge in [0.1, 0.15) is 5.82 Å². The van der Waals surface area contributed by atoms with Crippen LogP contribution in [0, 0.1) is 5.82 Å². The summed E-state index contributed by atoms with van der Waals surface area (Å²) in [5.74, 6) is -0.0438. The fraction of sp³-hybridized carbons (Fsp3) is 0.133. The summed E-state index contributed by atoms with van der Waals surface area (Å²) in [5.41, 5.74) is 0.441. The second-order valence-electron chi connectivity index (χ2n) is 4.13. The van der Waals surface area contributed by atoms with Gasteiger partial charge in [0, 0.05) is 5.56 Å². The topological polar surface area (TPSA) is 47.6 Å². The summed E-state index contributed by atoms with van der Waals surface area (Å²) >= 11 is 3.31. The molecule has 1 amide bonds. The Morgan fingerprint density at radius 3 is 2.52 bits per heavy atom. The Bertz CT molecular complexity index is 676. The first-order chi connectivity index (χ1) is 10.1. The summed E-state index contributed by atoms with van der Waals surface area (Å²) in [6.07, 6.45) is 0. The largest absolute Gasteiger partial charge is 0.493 e. The summed E-state index contributed by atoms with van der Waals surface area (Å²) in [4.78, 5) is 12.2. The van der Waals surface area contributed by atoms with Crippen LogP contribution in [0.25, 0.3) is 0 Å². The van der Waals surface area contributed by atoms with Crippen LogP contribution in [0.1, 0.15) is 10.4 Å². The molecule has 4 nitrogen and oxygen atoms in total. The van der Waals surface area contributed by atoms with E-state index in [1.165, 1.54) is 32.4 Å². The minimum absolute atomic E-state index is 0.119. The van der Waals surface area contributed by atoms with E-state index in [2.05, 4.69) is 21.2 Å². The average Bonchev–Trinajstić information content (AvgIpc) is 2.48. The maximum Gasteiger partial charge on any atom is 0.255 e. The quantitative estimate of drug-likeness (QED) is 0.907. The Hall–Kier alpha value is -2.08. The van der Waals surface area contributed by atoms with Crippen LogP contribution >= 0.6 is 15.9 Å². The van der Waals surface area contributed by atoms with E-state index in [1.54, 1.807) is 18.2 Å². The van der Waals surface area contributed by atoms with E-state index in [1.807, 2.05) is 0 Å². The van der Waals surface area contributed by atoms with Crippen molar-refractivity contribution in [3.63, 3.8) is 0 Å². The van der Waals surface area contributed by atoms with E-state index in [9.17, 15) is 9.18 Å². The molecule has 0 heterocycles. The molecule has 2 rings (SSSR count). The molecule has 110 valence electrons. The van der Waals surface area contributed by atoms with Crippen LogP contribution in [0.4, 0.5) is 10.1 Å². The van der Waals surface area contributed by atoms with Crippen LogP contribution in [0.3, 0.4) is 0 Å². The number of rotatable bonds is 4. The second-order valence-corrected chi connectivity index (χ2v) is 4.98. The number of hydrogen-bond donors (Lipinski definition) is 1. The van der Waals surface area contributed by atoms with E-state index < -0.39 is 11.7 Å². The van der Waals surface area contributed by atoms with Crippen molar-refractivity contribution in [1.29, 1.82) is 0 Å². The molecule has 0 saturated carbocycles. The summed E-state index contributed by atoms with van der Waals surface area (Å²) < 4.78 is 24.5. The number of benzene rings is 2. The van der Waals surface area contributed by atoms with Gasteiger partial charge in [-0.15, -0.1) is 0 Å². The number of hydrogen-bond acceptors (Lipinski definition) is 3. The van der Waals surface area contributed by atoms with Crippen molar-refractivity contribution in [2.45, 2.75) is 0 Å². The van der Waals surface area contributed by atoms with E-state index in [0.29, 0.717) is 21.5 Å². The van der Waals surface area contributed by atoms with Crippen LogP contribution in [0.2, 0.25) is 0 Å². The highest BCUT2D eigenvalue weighted by atomic mass is 79.9. The van der Waals surface area contributed by atoms with Crippen molar-refractivity contribution in [2.24, 2.45) is 0 Å². The number of halogens is 2. The normalized spacial score (nSPS) is 10.1. The Morgan fingerprint density at radius 1 is 1.19 bits per heavy atom. The van der Waals surface area contributed by atoms with Gasteiger partial charge in [0.2, 0.25) is 0 Å². The molecule has 1 N–H and O–H groups in total. The fourth-order valence-electron chi connectivity index (χ4n) is 1.81. The lowest BCUT2D eigenvalue weighted by Gasteiger charge is -2.12. The summed E-state index contributed by atoms with van der Waals surface area (Å²) in [7, 11) is 2.98. The van der Waals surface area contributed by atoms with Gasteiger partial charge < -0.3 is 14.8 Å². The Morgan fingerprint density at radius 2 is 1.90 bits per heavy atom. The molecular formula is C15H13BrFNO3. The van der Waals surface area contributed by atoms with Crippen LogP contribution in [-0.4, -0.2) is 20.1 Å². The lowest BCUT2D eigenvalue weighted by atomic mass is 10.1. The molecule has 0 radical (unpaired) electrons. The van der Waals surface area contributed by atoms with Crippen LogP contribution in [0.5, 0.6) is 11.5 Å². The third-order valence-corrected chi connectivity index (χ3v) is 3.41. The zero-order valence-electron chi connectivity index (χ0n) is 11.4. The number of amides is 1. The zero-order chi connectivity index (χ0) is 15.4. The van der Waals surface area contributed by atoms with Gasteiger partial charge in [-0.1, -0.05) is 12.1 Å². The molecule has 0 atom stereocenters. The Labute approximate surface area is 130 Å². The highest BCUT2D eigenvalue weighted by Gasteiger charge is 2.15. The van der Waals surface area contributed by atoms with E-state index in [-0.39, 0.29) is 5.69 Å². The molecule has 6 heteroatoms. The highest BCUT2D eigenvalue weighted by molar-refractivity contribution is 9.10. The molecule has 0 aliphatic heterocycles. The van der Waals surface area contributed by atoms with Crippen molar-refractivity contribution in [2.75, 3.05) is 19.5 Å². The van der Waals surface area contributed by atoms with Gasteiger partial charge in [0.25, 0.3) is 5.91 Å². The first-order valence-corrected chi connectivity index (χ1v) is 6.83. The van der Waals surface area contributed by atoms with Crippen molar-refractivity contribution >= 4 is 27.5 Å². The minimum Gasteiger partial charge on any atom is -0.493 e. The van der Waals surface area contributed by atoms with Gasteiger partial charge in [0.15, 0.2) is 11.5 Å². The van der Waals surface area contributed by atoms with E-state index in [4.69, 9.17) is 9.47 Å². The summed E-state index contributed by atoms with van der Waals surface area (Å²) in [6, 6.07) is 9.07. The molecule has 0 aromatic heterocycles. The van der Waals surface area contributed by atoms with Crippen molar-refractivity contribution in [1.82, 2.24) is 0 Å². The molecule has 0 aliphatic rings. The third-order valence-electron chi connectivity index (χ3n) is 2.82. The monoisotopic (exact) mass is 353 g/mol. The molecule has 0 aliphatic carbocycles. The smallest absolute Gasteiger partial charge is 0.255 e. The van der Waals surface area contributed by atoms with Gasteiger partial charge in [-0.25, -0.2) is 4.39 Å². The van der Waals surface area contributed by atoms with Crippen molar-refractivity contribution < 1.29 is 18.7 Å². The highest BCUT2D eigenvalue weighted by Crippen LogP contribution is 2.36. The fourth-order valence-corrected chi connectivity index (χ4v) is 2.41. The number of carbonyl (C=O) groups is 1. The Balaban J connectivity index is 2.32. The first kappa shape index (κ1) is 15.3. The predicted octanol–water partition coefficient (Wildman–Crippen LogP) is 3.86. The average molecular weight is 354 g/mol. The van der Waals surface area contributed by atoms with Gasteiger partial charge >= 0.3 is 0 Å². The molecule has 0 fully saturated rings. The van der Waals surface area contributed by atoms with Gasteiger partial charge in [0.05, 0.1) is 24.4 Å². The standard InChI is InChI=1S/C15H13BrFNO3/c1-20-13-8-9(7-10(16)14(13)21-2)15(19)18-12-6-4-3-5-11(12)17/h3-8H,1-2H3,(H,18,19). The van der Waals surface area contributed by atoms with Gasteiger partial charge in [-0.3, -0.25) is 4.79 Å². The van der Waals surface area contributed by atoms with Crippen LogP contribution in [0.15, 0.2) is 40.9 Å². The third kappa shape index (κ3) is 3.33. The number of anilines is 1. The maximum atomic E-state index is 13.5. The maximum absolute atomic E-state index is 13.5. The molecule has 2 aromatic carbocycles. The number of nitrogens with one attached hydrogen (secondary N) is 1. The van der Waals surface area contributed by atoms with Crippen molar-refractivity contribution in [3.05, 3.63) is 52.3 Å². The van der Waals surface area contributed by atoms with Crippen LogP contribution < -0.4 is 14.8 Å². The van der Waals surface area contributed by atoms with Crippen LogP contribution in [-0.2, 0) is 0 Å². The minimum atomic E-state index is -0.495. The molecule has 0 saturated heterocycles. The Kier molecular flexibility index (Phi) is 4.80. The van der Waals surface area contributed by atoms with Gasteiger partial charge in [-0.05, 0) is 40.2 Å². The second kappa shape index (κ2) is 6.58. The number of methoxy groups -OCH3 is 2. The molecule has 0 bridgehead atoms. The summed E-state index contributed by atoms with van der Waals surface area (Å²) in [6.45, 7) is 0. The summed E-state index contributed by atoms with van der Waals surface area (Å²) in [5, 5.41) is 2.51. The number of ether oxygens (including phenoxy) is 2. The van der Waals surface area contributed by atoms with E-state index in [0.717, 1.165) is 0 Å². The molecular weight excluding hydrogens is 341 g/mol. The lowest BCUT2D eigenvalue weighted by molar-refractivity contribution is 0.102. The number of carbonyl (C=O) groups excluding carboxylic acids is 1. The first-order valence-electron chi connectivity index (χ1n) is 6.04. The predicted molar refractivity (Wildman–Crippen MR) is 81.6 cm³/mol. The molecule has 2 aromatic rings. The van der Waals surface area contributed by atoms with E-state index >= 15 is 0 Å². The molecule has 0 spiro atoms. The SMILES string of the molecule is COc1cc(C(=O)Nc2ccccc2F)cc(Br)c1OC. The number of para-hydroxylation sites is 1. The van der Waals surface area contributed by atoms with Crippen molar-refractivity contribution in [3.8, 4) is 11.5 Å². The lowest BCUT2D eigenvalue weighted by Crippen LogP contribution is -2.13.